The summed E-state index contributed by atoms with van der Waals surface area (Å²) in [6, 6.07) is 56.1. The lowest BCUT2D eigenvalue weighted by atomic mass is 9.80. The van der Waals surface area contributed by atoms with Crippen molar-refractivity contribution in [3.8, 4) is 33.4 Å². The van der Waals surface area contributed by atoms with E-state index in [1.165, 1.54) is 77.8 Å². The van der Waals surface area contributed by atoms with E-state index in [2.05, 4.69) is 184 Å². The van der Waals surface area contributed by atoms with Crippen molar-refractivity contribution in [1.82, 2.24) is 0 Å². The molecule has 7 aromatic carbocycles. The standard InChI is InChI=1S/C46H37N/c1-45(2)41-27-32(30-13-7-5-8-14-30)20-23-37(41)38-25-21-34(28-42(38)45)47(33-16-9-6-10-17-33)35-22-26-39-40-24-19-31-15-11-12-18-36(31)44(40)46(3,4)43(39)29-35/h5-29H,1-4H3. The van der Waals surface area contributed by atoms with E-state index in [4.69, 9.17) is 0 Å². The maximum Gasteiger partial charge on any atom is 0.0465 e. The summed E-state index contributed by atoms with van der Waals surface area (Å²) in [4.78, 5) is 2.44. The van der Waals surface area contributed by atoms with E-state index in [-0.39, 0.29) is 10.8 Å². The van der Waals surface area contributed by atoms with Gasteiger partial charge in [0.05, 0.1) is 0 Å². The largest absolute Gasteiger partial charge is 0.310 e. The third kappa shape index (κ3) is 4.09. The Bertz CT molecular complexity index is 2340. The Morgan fingerprint density at radius 1 is 0.383 bits per heavy atom. The first-order valence-corrected chi connectivity index (χ1v) is 16.7. The van der Waals surface area contributed by atoms with E-state index in [1.54, 1.807) is 0 Å². The third-order valence-corrected chi connectivity index (χ3v) is 10.8. The predicted octanol–water partition coefficient (Wildman–Crippen LogP) is 12.6. The molecule has 0 spiro atoms. The van der Waals surface area contributed by atoms with E-state index in [9.17, 15) is 0 Å². The van der Waals surface area contributed by atoms with Crippen LogP contribution < -0.4 is 4.90 Å². The molecular formula is C46H37N. The molecule has 1 nitrogen and oxygen atoms in total. The van der Waals surface area contributed by atoms with Crippen molar-refractivity contribution >= 4 is 27.8 Å². The van der Waals surface area contributed by atoms with Crippen LogP contribution >= 0.6 is 0 Å². The second kappa shape index (κ2) is 10.0. The third-order valence-electron chi connectivity index (χ3n) is 10.8. The molecular weight excluding hydrogens is 567 g/mol. The van der Waals surface area contributed by atoms with Crippen molar-refractivity contribution in [2.45, 2.75) is 38.5 Å². The lowest BCUT2D eigenvalue weighted by Crippen LogP contribution is -2.18. The lowest BCUT2D eigenvalue weighted by molar-refractivity contribution is 0.660. The van der Waals surface area contributed by atoms with Crippen LogP contribution in [-0.2, 0) is 10.8 Å². The van der Waals surface area contributed by atoms with Gasteiger partial charge in [0.25, 0.3) is 0 Å². The van der Waals surface area contributed by atoms with Crippen LogP contribution in [0.25, 0.3) is 44.2 Å². The van der Waals surface area contributed by atoms with Crippen molar-refractivity contribution < 1.29 is 0 Å². The van der Waals surface area contributed by atoms with Crippen LogP contribution in [0.2, 0.25) is 0 Å². The number of nitrogens with zero attached hydrogens (tertiary/aromatic N) is 1. The van der Waals surface area contributed by atoms with Crippen molar-refractivity contribution in [2.24, 2.45) is 0 Å². The zero-order chi connectivity index (χ0) is 31.9. The van der Waals surface area contributed by atoms with Gasteiger partial charge in [-0.1, -0.05) is 137 Å². The Kier molecular flexibility index (Phi) is 5.96. The van der Waals surface area contributed by atoms with Gasteiger partial charge in [-0.15, -0.1) is 0 Å². The van der Waals surface area contributed by atoms with Crippen LogP contribution in [0.1, 0.15) is 49.9 Å². The Morgan fingerprint density at radius 2 is 0.915 bits per heavy atom. The van der Waals surface area contributed by atoms with Gasteiger partial charge in [-0.3, -0.25) is 0 Å². The summed E-state index contributed by atoms with van der Waals surface area (Å²) < 4.78 is 0. The van der Waals surface area contributed by atoms with Crippen LogP contribution in [0.15, 0.2) is 152 Å². The van der Waals surface area contributed by atoms with E-state index in [1.807, 2.05) is 0 Å². The Hall–Kier alpha value is -5.40. The van der Waals surface area contributed by atoms with Crippen LogP contribution in [0.5, 0.6) is 0 Å². The molecule has 0 unspecified atom stereocenters. The number of rotatable bonds is 4. The van der Waals surface area contributed by atoms with Gasteiger partial charge in [0, 0.05) is 27.9 Å². The van der Waals surface area contributed by atoms with Crippen LogP contribution in [0.3, 0.4) is 0 Å². The first-order valence-electron chi connectivity index (χ1n) is 16.7. The van der Waals surface area contributed by atoms with Gasteiger partial charge < -0.3 is 4.90 Å². The molecule has 0 radical (unpaired) electrons. The van der Waals surface area contributed by atoms with Crippen LogP contribution in [0, 0.1) is 0 Å². The smallest absolute Gasteiger partial charge is 0.0465 e. The minimum absolute atomic E-state index is 0.123. The van der Waals surface area contributed by atoms with Gasteiger partial charge in [-0.25, -0.2) is 0 Å². The van der Waals surface area contributed by atoms with Crippen LogP contribution in [-0.4, -0.2) is 0 Å². The average molecular weight is 604 g/mol. The minimum atomic E-state index is -0.129. The van der Waals surface area contributed by atoms with E-state index >= 15 is 0 Å². The first kappa shape index (κ1) is 27.9. The lowest BCUT2D eigenvalue weighted by Gasteiger charge is -2.30. The second-order valence-corrected chi connectivity index (χ2v) is 14.2. The molecule has 0 N–H and O–H groups in total. The molecule has 226 valence electrons. The molecule has 2 aliphatic rings. The Labute approximate surface area is 277 Å². The molecule has 2 aliphatic carbocycles. The molecule has 0 fully saturated rings. The van der Waals surface area contributed by atoms with Crippen molar-refractivity contribution in [2.75, 3.05) is 4.90 Å². The van der Waals surface area contributed by atoms with Crippen molar-refractivity contribution in [3.63, 3.8) is 0 Å². The molecule has 7 aromatic rings. The summed E-state index contributed by atoms with van der Waals surface area (Å²) in [6.07, 6.45) is 0. The highest BCUT2D eigenvalue weighted by atomic mass is 15.1. The molecule has 1 heteroatoms. The summed E-state index contributed by atoms with van der Waals surface area (Å²) >= 11 is 0. The number of para-hydroxylation sites is 1. The molecule has 0 aliphatic heterocycles. The topological polar surface area (TPSA) is 3.24 Å². The second-order valence-electron chi connectivity index (χ2n) is 14.2. The van der Waals surface area contributed by atoms with Crippen molar-refractivity contribution in [1.29, 1.82) is 0 Å². The summed E-state index contributed by atoms with van der Waals surface area (Å²) in [5, 5.41) is 2.65. The summed E-state index contributed by atoms with van der Waals surface area (Å²) in [5.41, 5.74) is 16.7. The zero-order valence-corrected chi connectivity index (χ0v) is 27.4. The monoisotopic (exact) mass is 603 g/mol. The fourth-order valence-electron chi connectivity index (χ4n) is 8.43. The number of hydrogen-bond donors (Lipinski definition) is 0. The maximum atomic E-state index is 2.44. The fraction of sp³-hybridized carbons (Fsp3) is 0.130. The minimum Gasteiger partial charge on any atom is -0.310 e. The van der Waals surface area contributed by atoms with Gasteiger partial charge in [-0.05, 0) is 109 Å². The maximum absolute atomic E-state index is 2.44. The highest BCUT2D eigenvalue weighted by molar-refractivity contribution is 5.98. The molecule has 0 heterocycles. The molecule has 9 rings (SSSR count). The SMILES string of the molecule is CC1(C)c2cc(-c3ccccc3)ccc2-c2ccc(N(c3ccccc3)c3ccc4c(c3)C(C)(C)c3c-4ccc4ccccc34)cc21. The number of benzene rings is 7. The molecule has 0 saturated heterocycles. The molecule has 0 atom stereocenters. The van der Waals surface area contributed by atoms with Crippen molar-refractivity contribution in [3.05, 3.63) is 174 Å². The Morgan fingerprint density at radius 3 is 1.62 bits per heavy atom. The number of anilines is 3. The van der Waals surface area contributed by atoms with Crippen LogP contribution in [0.4, 0.5) is 17.1 Å². The molecule has 0 aromatic heterocycles. The number of fused-ring (bicyclic) bond motifs is 8. The molecule has 0 saturated carbocycles. The predicted molar refractivity (Wildman–Crippen MR) is 199 cm³/mol. The fourth-order valence-corrected chi connectivity index (χ4v) is 8.43. The first-order chi connectivity index (χ1) is 22.8. The highest BCUT2D eigenvalue weighted by Gasteiger charge is 2.39. The summed E-state index contributed by atoms with van der Waals surface area (Å²) in [7, 11) is 0. The molecule has 0 bridgehead atoms. The summed E-state index contributed by atoms with van der Waals surface area (Å²) in [6.45, 7) is 9.53. The van der Waals surface area contributed by atoms with Gasteiger partial charge >= 0.3 is 0 Å². The van der Waals surface area contributed by atoms with E-state index in [0.717, 1.165) is 5.69 Å². The zero-order valence-electron chi connectivity index (χ0n) is 27.4. The molecule has 47 heavy (non-hydrogen) atoms. The molecule has 0 amide bonds. The quantitative estimate of drug-likeness (QED) is 0.193. The van der Waals surface area contributed by atoms with Gasteiger partial charge in [-0.2, -0.15) is 0 Å². The van der Waals surface area contributed by atoms with Gasteiger partial charge in [0.1, 0.15) is 0 Å². The number of hydrogen-bond acceptors (Lipinski definition) is 1. The van der Waals surface area contributed by atoms with Gasteiger partial charge in [0.15, 0.2) is 0 Å². The van der Waals surface area contributed by atoms with E-state index < -0.39 is 0 Å². The van der Waals surface area contributed by atoms with E-state index in [0.29, 0.717) is 0 Å². The Balaban J connectivity index is 1.18. The van der Waals surface area contributed by atoms with Gasteiger partial charge in [0.2, 0.25) is 0 Å². The normalized spacial score (nSPS) is 14.7. The average Bonchev–Trinajstić information content (AvgIpc) is 3.48. The summed E-state index contributed by atoms with van der Waals surface area (Å²) in [5.74, 6) is 0. The highest BCUT2D eigenvalue weighted by Crippen LogP contribution is 2.54.